The maximum atomic E-state index is 13.0. The van der Waals surface area contributed by atoms with Crippen LogP contribution in [0.2, 0.25) is 5.02 Å². The molecular weight excluding hydrogens is 404 g/mol. The van der Waals surface area contributed by atoms with E-state index in [0.717, 1.165) is 18.2 Å². The smallest absolute Gasteiger partial charge is 0.270 e. The van der Waals surface area contributed by atoms with Crippen LogP contribution in [0, 0.1) is 10.1 Å². The van der Waals surface area contributed by atoms with Crippen LogP contribution in [0.25, 0.3) is 11.1 Å². The van der Waals surface area contributed by atoms with Gasteiger partial charge < -0.3 is 0 Å². The Balaban J connectivity index is 2.32. The second kappa shape index (κ2) is 7.51. The van der Waals surface area contributed by atoms with Crippen molar-refractivity contribution in [3.63, 3.8) is 0 Å². The molecule has 142 valence electrons. The third-order valence-electron chi connectivity index (χ3n) is 4.03. The van der Waals surface area contributed by atoms with Gasteiger partial charge in [0.2, 0.25) is 10.0 Å². The second-order valence-corrected chi connectivity index (χ2v) is 7.83. The molecule has 0 atom stereocenters. The van der Waals surface area contributed by atoms with Crippen molar-refractivity contribution in [1.82, 2.24) is 0 Å². The lowest BCUT2D eigenvalue weighted by molar-refractivity contribution is -0.384. The zero-order valence-corrected chi connectivity index (χ0v) is 15.8. The molecule has 0 fully saturated rings. The van der Waals surface area contributed by atoms with E-state index in [1.54, 1.807) is 30.3 Å². The molecule has 9 heteroatoms. The molecular formula is C19H13ClN2O5S. The zero-order chi connectivity index (χ0) is 20.5. The molecule has 0 amide bonds. The average Bonchev–Trinajstić information content (AvgIpc) is 2.66. The van der Waals surface area contributed by atoms with E-state index in [2.05, 4.69) is 0 Å². The minimum Gasteiger partial charge on any atom is -0.289 e. The first kappa shape index (κ1) is 19.7. The molecule has 0 saturated heterocycles. The Hall–Kier alpha value is -3.07. The number of nitrogens with zero attached hydrogens (tertiary/aromatic N) is 1. The fraction of sp³-hybridized carbons (Fsp3) is 0. The van der Waals surface area contributed by atoms with Crippen molar-refractivity contribution in [1.29, 1.82) is 0 Å². The van der Waals surface area contributed by atoms with Gasteiger partial charge in [0.1, 0.15) is 0 Å². The Morgan fingerprint density at radius 3 is 2.25 bits per heavy atom. The molecule has 3 aromatic rings. The van der Waals surface area contributed by atoms with E-state index in [9.17, 15) is 23.3 Å². The summed E-state index contributed by atoms with van der Waals surface area (Å²) in [6.07, 6.45) is 0. The van der Waals surface area contributed by atoms with Crippen LogP contribution < -0.4 is 5.14 Å². The highest BCUT2D eigenvalue weighted by Gasteiger charge is 2.23. The monoisotopic (exact) mass is 416 g/mol. The third kappa shape index (κ3) is 3.94. The number of nitrogens with two attached hydrogens (primary N) is 1. The summed E-state index contributed by atoms with van der Waals surface area (Å²) in [5.74, 6) is -0.412. The number of halogens is 1. The number of carbonyl (C=O) groups is 1. The number of nitro groups is 1. The molecule has 0 aliphatic heterocycles. The predicted octanol–water partition coefficient (Wildman–Crippen LogP) is 3.79. The number of non-ortho nitro benzene ring substituents is 1. The summed E-state index contributed by atoms with van der Waals surface area (Å²) in [7, 11) is -4.21. The standard InChI is InChI=1S/C19H13ClN2O5S/c20-13-6-8-15(17(10-13)19(23)12-4-2-1-3-5-12)16-11-14(22(24)25)7-9-18(16)28(21,26)27/h1-11H,(H2,21,26,27). The van der Waals surface area contributed by atoms with Crippen LogP contribution in [-0.4, -0.2) is 19.1 Å². The van der Waals surface area contributed by atoms with Gasteiger partial charge in [-0.15, -0.1) is 0 Å². The molecule has 0 aliphatic carbocycles. The molecule has 0 spiro atoms. The maximum Gasteiger partial charge on any atom is 0.270 e. The van der Waals surface area contributed by atoms with Gasteiger partial charge in [0.05, 0.1) is 9.82 Å². The second-order valence-electron chi connectivity index (χ2n) is 5.87. The van der Waals surface area contributed by atoms with E-state index >= 15 is 0 Å². The average molecular weight is 417 g/mol. The number of primary sulfonamides is 1. The Morgan fingerprint density at radius 2 is 1.64 bits per heavy atom. The van der Waals surface area contributed by atoms with Gasteiger partial charge in [-0.25, -0.2) is 13.6 Å². The molecule has 0 aliphatic rings. The van der Waals surface area contributed by atoms with Crippen LogP contribution in [0.1, 0.15) is 15.9 Å². The van der Waals surface area contributed by atoms with Crippen molar-refractivity contribution >= 4 is 33.1 Å². The summed E-state index contributed by atoms with van der Waals surface area (Å²) >= 11 is 6.04. The lowest BCUT2D eigenvalue weighted by atomic mass is 9.93. The third-order valence-corrected chi connectivity index (χ3v) is 5.24. The molecule has 3 aromatic carbocycles. The minimum absolute atomic E-state index is 0.0485. The summed E-state index contributed by atoms with van der Waals surface area (Å²) in [6, 6.07) is 15.8. The van der Waals surface area contributed by atoms with Crippen LogP contribution in [0.5, 0.6) is 0 Å². The number of rotatable bonds is 5. The van der Waals surface area contributed by atoms with Crippen LogP contribution in [0.4, 0.5) is 5.69 Å². The number of nitro benzene ring substituents is 1. The zero-order valence-electron chi connectivity index (χ0n) is 14.2. The highest BCUT2D eigenvalue weighted by Crippen LogP contribution is 2.35. The van der Waals surface area contributed by atoms with E-state index in [1.165, 1.54) is 18.2 Å². The quantitative estimate of drug-likeness (QED) is 0.385. The summed E-state index contributed by atoms with van der Waals surface area (Å²) in [5, 5.41) is 16.7. The van der Waals surface area contributed by atoms with Crippen LogP contribution in [-0.2, 0) is 10.0 Å². The van der Waals surface area contributed by atoms with Gasteiger partial charge in [0, 0.05) is 33.8 Å². The van der Waals surface area contributed by atoms with Gasteiger partial charge in [-0.1, -0.05) is 48.0 Å². The summed E-state index contributed by atoms with van der Waals surface area (Å²) < 4.78 is 24.0. The van der Waals surface area contributed by atoms with Gasteiger partial charge >= 0.3 is 0 Å². The van der Waals surface area contributed by atoms with Crippen molar-refractivity contribution in [2.24, 2.45) is 5.14 Å². The molecule has 0 bridgehead atoms. The Kier molecular flexibility index (Phi) is 5.28. The van der Waals surface area contributed by atoms with Crippen LogP contribution >= 0.6 is 11.6 Å². The minimum atomic E-state index is -4.21. The topological polar surface area (TPSA) is 120 Å². The van der Waals surface area contributed by atoms with Gasteiger partial charge in [-0.2, -0.15) is 0 Å². The van der Waals surface area contributed by atoms with Crippen molar-refractivity contribution < 1.29 is 18.1 Å². The highest BCUT2D eigenvalue weighted by atomic mass is 35.5. The number of benzene rings is 3. The van der Waals surface area contributed by atoms with E-state index in [1.807, 2.05) is 0 Å². The van der Waals surface area contributed by atoms with E-state index in [0.29, 0.717) is 5.56 Å². The Bertz CT molecular complexity index is 1190. The van der Waals surface area contributed by atoms with E-state index in [4.69, 9.17) is 16.7 Å². The van der Waals surface area contributed by atoms with E-state index < -0.39 is 20.7 Å². The molecule has 28 heavy (non-hydrogen) atoms. The number of sulfonamides is 1. The first-order valence-corrected chi connectivity index (χ1v) is 9.82. The largest absolute Gasteiger partial charge is 0.289 e. The summed E-state index contributed by atoms with van der Waals surface area (Å²) in [6.45, 7) is 0. The number of carbonyl (C=O) groups excluding carboxylic acids is 1. The Morgan fingerprint density at radius 1 is 0.964 bits per heavy atom. The first-order valence-electron chi connectivity index (χ1n) is 7.89. The lowest BCUT2D eigenvalue weighted by Gasteiger charge is -2.13. The normalized spacial score (nSPS) is 11.2. The fourth-order valence-corrected chi connectivity index (χ4v) is 3.68. The van der Waals surface area contributed by atoms with Gasteiger partial charge in [0.25, 0.3) is 5.69 Å². The SMILES string of the molecule is NS(=O)(=O)c1ccc([N+](=O)[O-])cc1-c1ccc(Cl)cc1C(=O)c1ccccc1. The van der Waals surface area contributed by atoms with Crippen LogP contribution in [0.3, 0.4) is 0 Å². The number of ketones is 1. The molecule has 0 saturated carbocycles. The molecule has 7 nitrogen and oxygen atoms in total. The predicted molar refractivity (Wildman–Crippen MR) is 105 cm³/mol. The van der Waals surface area contributed by atoms with Crippen molar-refractivity contribution in [3.8, 4) is 11.1 Å². The van der Waals surface area contributed by atoms with Gasteiger partial charge in [0.15, 0.2) is 5.78 Å². The number of hydrogen-bond donors (Lipinski definition) is 1. The Labute approximate surface area is 165 Å². The fourth-order valence-electron chi connectivity index (χ4n) is 2.77. The van der Waals surface area contributed by atoms with Crippen molar-refractivity contribution in [2.45, 2.75) is 4.90 Å². The summed E-state index contributed by atoms with van der Waals surface area (Å²) in [4.78, 5) is 23.2. The molecule has 2 N–H and O–H groups in total. The van der Waals surface area contributed by atoms with Crippen molar-refractivity contribution in [2.75, 3.05) is 0 Å². The molecule has 0 unspecified atom stereocenters. The first-order chi connectivity index (χ1) is 13.2. The van der Waals surface area contributed by atoms with Crippen LogP contribution in [0.15, 0.2) is 71.6 Å². The highest BCUT2D eigenvalue weighted by molar-refractivity contribution is 7.89. The van der Waals surface area contributed by atoms with Gasteiger partial charge in [-0.3, -0.25) is 14.9 Å². The lowest BCUT2D eigenvalue weighted by Crippen LogP contribution is -2.14. The molecule has 0 heterocycles. The molecule has 0 radical (unpaired) electrons. The van der Waals surface area contributed by atoms with Crippen molar-refractivity contribution in [3.05, 3.63) is 93.0 Å². The van der Waals surface area contributed by atoms with E-state index in [-0.39, 0.29) is 32.3 Å². The summed E-state index contributed by atoms with van der Waals surface area (Å²) in [5.41, 5.74) is 0.242. The van der Waals surface area contributed by atoms with Gasteiger partial charge in [-0.05, 0) is 23.8 Å². The molecule has 0 aromatic heterocycles. The number of hydrogen-bond acceptors (Lipinski definition) is 5. The molecule has 3 rings (SSSR count). The maximum absolute atomic E-state index is 13.0.